The van der Waals surface area contributed by atoms with Gasteiger partial charge in [0.2, 0.25) is 0 Å². The molecule has 0 aliphatic rings. The molecule has 2 rings (SSSR count). The fraction of sp³-hybridized carbons (Fsp3) is 0.143. The molecule has 0 atom stereocenters. The smallest absolute Gasteiger partial charge is 0.261 e. The molecule has 0 radical (unpaired) electrons. The van der Waals surface area contributed by atoms with Crippen molar-refractivity contribution in [3.05, 3.63) is 48.5 Å². The van der Waals surface area contributed by atoms with Gasteiger partial charge in [0.25, 0.3) is 10.0 Å². The summed E-state index contributed by atoms with van der Waals surface area (Å²) in [6.45, 7) is 0. The third kappa shape index (κ3) is 4.02. The van der Waals surface area contributed by atoms with E-state index in [0.717, 1.165) is 17.2 Å². The summed E-state index contributed by atoms with van der Waals surface area (Å²) in [6, 6.07) is 12.2. The van der Waals surface area contributed by atoms with Crippen LogP contribution in [0.15, 0.2) is 63.2 Å². The zero-order valence-corrected chi connectivity index (χ0v) is 14.4. The first-order chi connectivity index (χ1) is 10.2. The van der Waals surface area contributed by atoms with Crippen LogP contribution in [-0.4, -0.2) is 29.3 Å². The van der Waals surface area contributed by atoms with Gasteiger partial charge in [0, 0.05) is 16.8 Å². The van der Waals surface area contributed by atoms with Gasteiger partial charge in [-0.15, -0.1) is 11.8 Å². The highest BCUT2D eigenvalue weighted by Gasteiger charge is 2.17. The molecule has 2 aromatic carbocycles. The van der Waals surface area contributed by atoms with E-state index in [2.05, 4.69) is 4.72 Å². The van der Waals surface area contributed by atoms with Crippen molar-refractivity contribution in [2.45, 2.75) is 14.7 Å². The molecule has 0 aliphatic heterocycles. The SMILES string of the molecule is CSc1cccc(NS(=O)(=O)c2cccc(S(C)(=O)=O)c2)c1. The number of rotatable bonds is 5. The second-order valence-corrected chi connectivity index (χ2v) is 9.16. The molecule has 5 nitrogen and oxygen atoms in total. The van der Waals surface area contributed by atoms with E-state index in [1.165, 1.54) is 30.0 Å². The maximum absolute atomic E-state index is 12.4. The monoisotopic (exact) mass is 357 g/mol. The van der Waals surface area contributed by atoms with Crippen molar-refractivity contribution in [1.29, 1.82) is 0 Å². The Balaban J connectivity index is 2.38. The predicted octanol–water partition coefficient (Wildman–Crippen LogP) is 2.61. The van der Waals surface area contributed by atoms with Crippen LogP contribution in [0.4, 0.5) is 5.69 Å². The van der Waals surface area contributed by atoms with E-state index < -0.39 is 19.9 Å². The lowest BCUT2D eigenvalue weighted by atomic mass is 10.3. The summed E-state index contributed by atoms with van der Waals surface area (Å²) in [5, 5.41) is 0. The Morgan fingerprint density at radius 3 is 2.18 bits per heavy atom. The van der Waals surface area contributed by atoms with Crippen LogP contribution in [0.5, 0.6) is 0 Å². The zero-order chi connectivity index (χ0) is 16.4. The molecule has 118 valence electrons. The fourth-order valence-corrected chi connectivity index (χ4v) is 4.07. The summed E-state index contributed by atoms with van der Waals surface area (Å²) in [5.41, 5.74) is 0.427. The number of hydrogen-bond acceptors (Lipinski definition) is 5. The van der Waals surface area contributed by atoms with Gasteiger partial charge >= 0.3 is 0 Å². The quantitative estimate of drug-likeness (QED) is 0.832. The van der Waals surface area contributed by atoms with Gasteiger partial charge in [-0.25, -0.2) is 16.8 Å². The Labute approximate surface area is 134 Å². The lowest BCUT2D eigenvalue weighted by molar-refractivity contribution is 0.599. The van der Waals surface area contributed by atoms with Gasteiger partial charge in [-0.2, -0.15) is 0 Å². The Kier molecular flexibility index (Phi) is 4.84. The van der Waals surface area contributed by atoms with Crippen molar-refractivity contribution in [2.75, 3.05) is 17.2 Å². The van der Waals surface area contributed by atoms with Crippen LogP contribution < -0.4 is 4.72 Å². The minimum Gasteiger partial charge on any atom is -0.280 e. The minimum absolute atomic E-state index is 0.0340. The second-order valence-electron chi connectivity index (χ2n) is 4.58. The van der Waals surface area contributed by atoms with Gasteiger partial charge in [-0.3, -0.25) is 4.72 Å². The minimum atomic E-state index is -3.84. The van der Waals surface area contributed by atoms with Gasteiger partial charge in [0.1, 0.15) is 0 Å². The average molecular weight is 357 g/mol. The topological polar surface area (TPSA) is 80.3 Å². The van der Waals surface area contributed by atoms with Crippen molar-refractivity contribution in [1.82, 2.24) is 0 Å². The molecule has 0 bridgehead atoms. The van der Waals surface area contributed by atoms with Crippen LogP contribution in [0.25, 0.3) is 0 Å². The standard InChI is InChI=1S/C14H15NO4S3/c1-20-12-6-3-5-11(9-12)15-22(18,19)14-8-4-7-13(10-14)21(2,16)17/h3-10,15H,1-2H3. The highest BCUT2D eigenvalue weighted by atomic mass is 32.2. The number of sulfone groups is 1. The lowest BCUT2D eigenvalue weighted by Gasteiger charge is -2.10. The van der Waals surface area contributed by atoms with Crippen LogP contribution in [-0.2, 0) is 19.9 Å². The normalized spacial score (nSPS) is 12.1. The third-order valence-electron chi connectivity index (χ3n) is 2.87. The highest BCUT2D eigenvalue weighted by molar-refractivity contribution is 7.98. The molecule has 0 fully saturated rings. The van der Waals surface area contributed by atoms with E-state index in [4.69, 9.17) is 0 Å². The van der Waals surface area contributed by atoms with Crippen molar-refractivity contribution in [3.63, 3.8) is 0 Å². The van der Waals surface area contributed by atoms with Gasteiger partial charge < -0.3 is 0 Å². The van der Waals surface area contributed by atoms with Gasteiger partial charge in [-0.1, -0.05) is 12.1 Å². The summed E-state index contributed by atoms with van der Waals surface area (Å²) in [6.07, 6.45) is 2.93. The second kappa shape index (κ2) is 6.31. The first-order valence-corrected chi connectivity index (χ1v) is 10.8. The van der Waals surface area contributed by atoms with Crippen LogP contribution in [0.3, 0.4) is 0 Å². The average Bonchev–Trinajstić information content (AvgIpc) is 2.46. The molecular weight excluding hydrogens is 342 g/mol. The largest absolute Gasteiger partial charge is 0.280 e. The number of anilines is 1. The predicted molar refractivity (Wildman–Crippen MR) is 88.6 cm³/mol. The third-order valence-corrected chi connectivity index (χ3v) is 6.08. The van der Waals surface area contributed by atoms with Crippen LogP contribution >= 0.6 is 11.8 Å². The van der Waals surface area contributed by atoms with Gasteiger partial charge in [-0.05, 0) is 42.7 Å². The first kappa shape index (κ1) is 16.9. The summed E-state index contributed by atoms with van der Waals surface area (Å²) in [7, 11) is -7.31. The van der Waals surface area contributed by atoms with Crippen LogP contribution in [0.1, 0.15) is 0 Å². The molecule has 0 saturated heterocycles. The van der Waals surface area contributed by atoms with E-state index >= 15 is 0 Å². The Bertz CT molecular complexity index is 890. The molecule has 0 amide bonds. The van der Waals surface area contributed by atoms with Gasteiger partial charge in [0.05, 0.1) is 9.79 Å². The molecule has 0 aliphatic carbocycles. The van der Waals surface area contributed by atoms with Crippen molar-refractivity contribution >= 4 is 37.3 Å². The summed E-state index contributed by atoms with van der Waals surface area (Å²) < 4.78 is 50.3. The van der Waals surface area contributed by atoms with Crippen molar-refractivity contribution in [2.24, 2.45) is 0 Å². The molecule has 2 aromatic rings. The Morgan fingerprint density at radius 1 is 0.909 bits per heavy atom. The zero-order valence-electron chi connectivity index (χ0n) is 12.0. The summed E-state index contributed by atoms with van der Waals surface area (Å²) in [5.74, 6) is 0. The highest BCUT2D eigenvalue weighted by Crippen LogP contribution is 2.22. The first-order valence-electron chi connectivity index (χ1n) is 6.19. The summed E-state index contributed by atoms with van der Waals surface area (Å²) >= 11 is 1.50. The maximum Gasteiger partial charge on any atom is 0.261 e. The molecule has 22 heavy (non-hydrogen) atoms. The summed E-state index contributed by atoms with van der Waals surface area (Å²) in [4.78, 5) is 0.795. The van der Waals surface area contributed by atoms with E-state index in [-0.39, 0.29) is 9.79 Å². The van der Waals surface area contributed by atoms with E-state index in [1.54, 1.807) is 18.2 Å². The molecule has 0 unspecified atom stereocenters. The molecule has 0 heterocycles. The molecule has 0 aromatic heterocycles. The number of nitrogens with one attached hydrogen (secondary N) is 1. The lowest BCUT2D eigenvalue weighted by Crippen LogP contribution is -2.13. The van der Waals surface area contributed by atoms with Crippen LogP contribution in [0.2, 0.25) is 0 Å². The Morgan fingerprint density at radius 2 is 1.55 bits per heavy atom. The molecule has 1 N–H and O–H groups in total. The van der Waals surface area contributed by atoms with Crippen molar-refractivity contribution < 1.29 is 16.8 Å². The molecule has 0 spiro atoms. The van der Waals surface area contributed by atoms with E-state index in [9.17, 15) is 16.8 Å². The number of thioether (sulfide) groups is 1. The van der Waals surface area contributed by atoms with Gasteiger partial charge in [0.15, 0.2) is 9.84 Å². The van der Waals surface area contributed by atoms with E-state index in [1.807, 2.05) is 12.3 Å². The van der Waals surface area contributed by atoms with Crippen molar-refractivity contribution in [3.8, 4) is 0 Å². The van der Waals surface area contributed by atoms with Crippen LogP contribution in [0, 0.1) is 0 Å². The number of sulfonamides is 1. The molecule has 8 heteroatoms. The molecule has 0 saturated carbocycles. The fourth-order valence-electron chi connectivity index (χ4n) is 1.77. The number of hydrogen-bond donors (Lipinski definition) is 1. The maximum atomic E-state index is 12.4. The number of benzene rings is 2. The Hall–Kier alpha value is -1.51. The van der Waals surface area contributed by atoms with E-state index in [0.29, 0.717) is 5.69 Å². The molecular formula is C14H15NO4S3.